The van der Waals surface area contributed by atoms with Gasteiger partial charge < -0.3 is 5.32 Å². The molecule has 94 valence electrons. The number of aromatic nitrogens is 2. The van der Waals surface area contributed by atoms with Crippen molar-refractivity contribution in [2.45, 2.75) is 24.3 Å². The predicted molar refractivity (Wildman–Crippen MR) is 73.9 cm³/mol. The smallest absolute Gasteiger partial charge is 0.130 e. The first-order chi connectivity index (χ1) is 8.33. The third-order valence-corrected chi connectivity index (χ3v) is 4.45. The van der Waals surface area contributed by atoms with Gasteiger partial charge in [0.25, 0.3) is 0 Å². The highest BCUT2D eigenvalue weighted by Gasteiger charge is 2.26. The summed E-state index contributed by atoms with van der Waals surface area (Å²) in [5.41, 5.74) is 0. The Morgan fingerprint density at radius 3 is 3.00 bits per heavy atom. The lowest BCUT2D eigenvalue weighted by Gasteiger charge is -2.17. The van der Waals surface area contributed by atoms with Gasteiger partial charge in [0.1, 0.15) is 17.2 Å². The molecule has 1 aromatic heterocycles. The van der Waals surface area contributed by atoms with Gasteiger partial charge in [-0.2, -0.15) is 0 Å². The highest BCUT2D eigenvalue weighted by atomic mass is 35.5. The van der Waals surface area contributed by atoms with Crippen LogP contribution in [0.4, 0.5) is 5.82 Å². The van der Waals surface area contributed by atoms with Crippen LogP contribution < -0.4 is 5.32 Å². The van der Waals surface area contributed by atoms with Crippen molar-refractivity contribution in [1.29, 1.82) is 0 Å². The zero-order valence-electron chi connectivity index (χ0n) is 10.0. The summed E-state index contributed by atoms with van der Waals surface area (Å²) in [7, 11) is 0. The fraction of sp³-hybridized carbons (Fsp3) is 0.667. The van der Waals surface area contributed by atoms with Crippen LogP contribution in [0, 0.1) is 11.8 Å². The normalized spacial score (nSPS) is 23.9. The summed E-state index contributed by atoms with van der Waals surface area (Å²) in [6.07, 6.45) is 7.50. The van der Waals surface area contributed by atoms with E-state index in [2.05, 4.69) is 15.3 Å². The number of halogens is 1. The van der Waals surface area contributed by atoms with Gasteiger partial charge in [-0.3, -0.25) is 0 Å². The number of rotatable bonds is 5. The van der Waals surface area contributed by atoms with Crippen LogP contribution in [0.5, 0.6) is 0 Å². The quantitative estimate of drug-likeness (QED) is 0.507. The molecule has 2 rings (SSSR count). The summed E-state index contributed by atoms with van der Waals surface area (Å²) in [5, 5.41) is 4.41. The molecule has 2 atom stereocenters. The minimum Gasteiger partial charge on any atom is -0.370 e. The van der Waals surface area contributed by atoms with E-state index < -0.39 is 0 Å². The SMILES string of the molecule is CSc1cc(NCC2CCCC2CCl)ncn1. The first-order valence-corrected chi connectivity index (χ1v) is 7.75. The molecule has 0 radical (unpaired) electrons. The van der Waals surface area contributed by atoms with Crippen molar-refractivity contribution >= 4 is 29.2 Å². The fourth-order valence-corrected chi connectivity index (χ4v) is 3.16. The molecule has 5 heteroatoms. The molecule has 17 heavy (non-hydrogen) atoms. The fourth-order valence-electron chi connectivity index (χ4n) is 2.37. The van der Waals surface area contributed by atoms with Crippen molar-refractivity contribution in [3.05, 3.63) is 12.4 Å². The molecule has 1 aliphatic rings. The average molecular weight is 272 g/mol. The van der Waals surface area contributed by atoms with Crippen LogP contribution in [-0.2, 0) is 0 Å². The first-order valence-electron chi connectivity index (χ1n) is 5.99. The van der Waals surface area contributed by atoms with E-state index in [4.69, 9.17) is 11.6 Å². The van der Waals surface area contributed by atoms with E-state index in [1.54, 1.807) is 18.1 Å². The Kier molecular flexibility index (Phi) is 4.92. The van der Waals surface area contributed by atoms with Crippen molar-refractivity contribution in [2.24, 2.45) is 11.8 Å². The van der Waals surface area contributed by atoms with Gasteiger partial charge in [-0.1, -0.05) is 6.42 Å². The van der Waals surface area contributed by atoms with Crippen LogP contribution >= 0.6 is 23.4 Å². The van der Waals surface area contributed by atoms with Gasteiger partial charge in [0.2, 0.25) is 0 Å². The molecule has 0 spiro atoms. The molecule has 3 nitrogen and oxygen atoms in total. The van der Waals surface area contributed by atoms with Crippen molar-refractivity contribution < 1.29 is 0 Å². The van der Waals surface area contributed by atoms with Crippen molar-refractivity contribution in [2.75, 3.05) is 24.0 Å². The summed E-state index contributed by atoms with van der Waals surface area (Å²) < 4.78 is 0. The molecule has 1 N–H and O–H groups in total. The van der Waals surface area contributed by atoms with Crippen molar-refractivity contribution in [3.63, 3.8) is 0 Å². The van der Waals surface area contributed by atoms with E-state index in [1.165, 1.54) is 19.3 Å². The van der Waals surface area contributed by atoms with Gasteiger partial charge in [0.15, 0.2) is 0 Å². The summed E-state index contributed by atoms with van der Waals surface area (Å²) >= 11 is 7.61. The van der Waals surface area contributed by atoms with E-state index in [-0.39, 0.29) is 0 Å². The lowest BCUT2D eigenvalue weighted by Crippen LogP contribution is -2.19. The number of nitrogens with one attached hydrogen (secondary N) is 1. The molecule has 0 saturated heterocycles. The maximum Gasteiger partial charge on any atom is 0.130 e. The maximum atomic E-state index is 5.98. The van der Waals surface area contributed by atoms with Crippen LogP contribution in [0.1, 0.15) is 19.3 Å². The number of thioether (sulfide) groups is 1. The molecule has 0 amide bonds. The van der Waals surface area contributed by atoms with Gasteiger partial charge in [-0.05, 0) is 30.9 Å². The second-order valence-corrected chi connectivity index (χ2v) is 5.57. The Balaban J connectivity index is 1.88. The summed E-state index contributed by atoms with van der Waals surface area (Å²) in [4.78, 5) is 8.39. The molecular formula is C12H18ClN3S. The molecule has 1 saturated carbocycles. The zero-order chi connectivity index (χ0) is 12.1. The lowest BCUT2D eigenvalue weighted by molar-refractivity contribution is 0.444. The van der Waals surface area contributed by atoms with Gasteiger partial charge in [-0.25, -0.2) is 9.97 Å². The third kappa shape index (κ3) is 3.49. The molecule has 1 aliphatic carbocycles. The second-order valence-electron chi connectivity index (χ2n) is 4.43. The molecule has 1 aromatic rings. The number of hydrogen-bond acceptors (Lipinski definition) is 4. The average Bonchev–Trinajstić information content (AvgIpc) is 2.84. The summed E-state index contributed by atoms with van der Waals surface area (Å²) in [6.45, 7) is 0.974. The van der Waals surface area contributed by atoms with Gasteiger partial charge in [0, 0.05) is 18.5 Å². The second kappa shape index (κ2) is 6.45. The van der Waals surface area contributed by atoms with E-state index in [1.807, 2.05) is 12.3 Å². The topological polar surface area (TPSA) is 37.8 Å². The zero-order valence-corrected chi connectivity index (χ0v) is 11.6. The minimum absolute atomic E-state index is 0.672. The minimum atomic E-state index is 0.672. The van der Waals surface area contributed by atoms with Crippen LogP contribution in [0.2, 0.25) is 0 Å². The Morgan fingerprint density at radius 1 is 1.41 bits per heavy atom. The standard InChI is InChI=1S/C12H18ClN3S/c1-17-12-5-11(15-8-16-12)14-7-10-4-2-3-9(10)6-13/h5,8-10H,2-4,6-7H2,1H3,(H,14,15,16). The predicted octanol–water partition coefficient (Wildman–Crippen LogP) is 3.27. The lowest BCUT2D eigenvalue weighted by atomic mass is 9.98. The van der Waals surface area contributed by atoms with Gasteiger partial charge in [0.05, 0.1) is 0 Å². The molecule has 0 aliphatic heterocycles. The number of anilines is 1. The Hall–Kier alpha value is -0.480. The number of nitrogens with zero attached hydrogens (tertiary/aromatic N) is 2. The molecule has 0 bridgehead atoms. The highest BCUT2D eigenvalue weighted by molar-refractivity contribution is 7.98. The van der Waals surface area contributed by atoms with E-state index in [0.29, 0.717) is 11.8 Å². The van der Waals surface area contributed by atoms with Crippen LogP contribution in [0.25, 0.3) is 0 Å². The van der Waals surface area contributed by atoms with E-state index >= 15 is 0 Å². The molecular weight excluding hydrogens is 254 g/mol. The number of hydrogen-bond donors (Lipinski definition) is 1. The van der Waals surface area contributed by atoms with Gasteiger partial charge in [-0.15, -0.1) is 23.4 Å². The molecule has 1 heterocycles. The van der Waals surface area contributed by atoms with Gasteiger partial charge >= 0.3 is 0 Å². The largest absolute Gasteiger partial charge is 0.370 e. The molecule has 0 aromatic carbocycles. The van der Waals surface area contributed by atoms with E-state index in [9.17, 15) is 0 Å². The van der Waals surface area contributed by atoms with Crippen molar-refractivity contribution in [1.82, 2.24) is 9.97 Å². The summed E-state index contributed by atoms with van der Waals surface area (Å²) in [6, 6.07) is 2.00. The Labute approximate surface area is 112 Å². The molecule has 1 fully saturated rings. The van der Waals surface area contributed by atoms with Crippen LogP contribution in [0.3, 0.4) is 0 Å². The van der Waals surface area contributed by atoms with E-state index in [0.717, 1.165) is 23.3 Å². The number of alkyl halides is 1. The highest BCUT2D eigenvalue weighted by Crippen LogP contribution is 2.32. The molecule has 2 unspecified atom stereocenters. The van der Waals surface area contributed by atoms with Crippen molar-refractivity contribution in [3.8, 4) is 0 Å². The Bertz CT molecular complexity index is 361. The summed E-state index contributed by atoms with van der Waals surface area (Å²) in [5.74, 6) is 3.07. The Morgan fingerprint density at radius 2 is 2.24 bits per heavy atom. The van der Waals surface area contributed by atoms with Crippen LogP contribution in [0.15, 0.2) is 17.4 Å². The maximum absolute atomic E-state index is 5.98. The monoisotopic (exact) mass is 271 g/mol. The van der Waals surface area contributed by atoms with Crippen LogP contribution in [-0.4, -0.2) is 28.6 Å². The first kappa shape index (κ1) is 13.0. The third-order valence-electron chi connectivity index (χ3n) is 3.41.